The van der Waals surface area contributed by atoms with Crippen LogP contribution < -0.4 is 10.6 Å². The Hall–Kier alpha value is -1.81. The Bertz CT molecular complexity index is 675. The highest BCUT2D eigenvalue weighted by Gasteiger charge is 2.28. The maximum absolute atomic E-state index is 12.7. The van der Waals surface area contributed by atoms with Gasteiger partial charge >= 0.3 is 0 Å². The van der Waals surface area contributed by atoms with Crippen LogP contribution in [-0.4, -0.2) is 12.5 Å². The highest BCUT2D eigenvalue weighted by molar-refractivity contribution is 7.12. The van der Waals surface area contributed by atoms with Crippen molar-refractivity contribution in [2.45, 2.75) is 26.7 Å². The minimum Gasteiger partial charge on any atom is -0.398 e. The summed E-state index contributed by atoms with van der Waals surface area (Å²) in [7, 11) is 0. The zero-order chi connectivity index (χ0) is 14.3. The average molecular weight is 286 g/mol. The van der Waals surface area contributed by atoms with E-state index in [1.165, 1.54) is 16.9 Å². The molecule has 0 atom stereocenters. The Morgan fingerprint density at radius 3 is 3.00 bits per heavy atom. The summed E-state index contributed by atoms with van der Waals surface area (Å²) in [6.45, 7) is 4.84. The fourth-order valence-corrected chi connectivity index (χ4v) is 3.66. The highest BCUT2D eigenvalue weighted by atomic mass is 32.1. The van der Waals surface area contributed by atoms with E-state index in [4.69, 9.17) is 5.73 Å². The van der Waals surface area contributed by atoms with E-state index in [1.54, 1.807) is 0 Å². The number of benzene rings is 1. The van der Waals surface area contributed by atoms with Gasteiger partial charge in [-0.15, -0.1) is 11.3 Å². The van der Waals surface area contributed by atoms with E-state index in [-0.39, 0.29) is 5.91 Å². The van der Waals surface area contributed by atoms with E-state index < -0.39 is 0 Å². The predicted octanol–water partition coefficient (Wildman–Crippen LogP) is 3.40. The van der Waals surface area contributed by atoms with Gasteiger partial charge in [0.2, 0.25) is 0 Å². The molecule has 3 nitrogen and oxygen atoms in total. The summed E-state index contributed by atoms with van der Waals surface area (Å²) >= 11 is 1.53. The zero-order valence-corrected chi connectivity index (χ0v) is 12.6. The number of nitrogen functional groups attached to an aromatic ring is 1. The normalized spacial score (nSPS) is 13.6. The fraction of sp³-hybridized carbons (Fsp3) is 0.312. The van der Waals surface area contributed by atoms with Crippen molar-refractivity contribution < 1.29 is 4.79 Å². The lowest BCUT2D eigenvalue weighted by atomic mass is 10.1. The third kappa shape index (κ3) is 2.00. The van der Waals surface area contributed by atoms with Gasteiger partial charge in [-0.3, -0.25) is 4.79 Å². The van der Waals surface area contributed by atoms with Crippen LogP contribution in [-0.2, 0) is 12.8 Å². The number of nitrogens with zero attached hydrogens (tertiary/aromatic N) is 1. The summed E-state index contributed by atoms with van der Waals surface area (Å²) in [5, 5.41) is 1.99. The number of hydrogen-bond donors (Lipinski definition) is 1. The fourth-order valence-electron chi connectivity index (χ4n) is 2.71. The van der Waals surface area contributed by atoms with Crippen LogP contribution in [0.5, 0.6) is 0 Å². The molecule has 2 aromatic rings. The molecule has 0 unspecified atom stereocenters. The number of carbonyl (C=O) groups excluding carboxylic acids is 1. The van der Waals surface area contributed by atoms with Gasteiger partial charge < -0.3 is 10.6 Å². The molecule has 0 radical (unpaired) electrons. The lowest BCUT2D eigenvalue weighted by Gasteiger charge is -2.18. The molecule has 0 fully saturated rings. The number of amides is 1. The van der Waals surface area contributed by atoms with Gasteiger partial charge in [-0.05, 0) is 54.0 Å². The van der Waals surface area contributed by atoms with E-state index in [1.807, 2.05) is 29.3 Å². The minimum atomic E-state index is 0.110. The second kappa shape index (κ2) is 4.94. The molecule has 1 aliphatic rings. The molecular formula is C16H18N2OS. The van der Waals surface area contributed by atoms with Gasteiger partial charge in [-0.2, -0.15) is 0 Å². The molecule has 0 saturated heterocycles. The van der Waals surface area contributed by atoms with Crippen LogP contribution in [0.1, 0.15) is 33.3 Å². The number of carbonyl (C=O) groups is 1. The first kappa shape index (κ1) is 13.2. The van der Waals surface area contributed by atoms with Crippen molar-refractivity contribution in [3.63, 3.8) is 0 Å². The number of hydrogen-bond acceptors (Lipinski definition) is 3. The first-order valence-corrected chi connectivity index (χ1v) is 7.77. The quantitative estimate of drug-likeness (QED) is 0.860. The van der Waals surface area contributed by atoms with Crippen molar-refractivity contribution in [2.75, 3.05) is 17.2 Å². The first-order valence-electron chi connectivity index (χ1n) is 6.89. The smallest absolute Gasteiger partial charge is 0.268 e. The predicted molar refractivity (Wildman–Crippen MR) is 84.7 cm³/mol. The zero-order valence-electron chi connectivity index (χ0n) is 11.8. The number of anilines is 2. The van der Waals surface area contributed by atoms with Crippen molar-refractivity contribution in [3.8, 4) is 0 Å². The molecule has 1 amide bonds. The van der Waals surface area contributed by atoms with E-state index in [2.05, 4.69) is 13.0 Å². The monoisotopic (exact) mass is 286 g/mol. The molecular weight excluding hydrogens is 268 g/mol. The van der Waals surface area contributed by atoms with Crippen molar-refractivity contribution in [2.24, 2.45) is 0 Å². The summed E-state index contributed by atoms with van der Waals surface area (Å²) in [4.78, 5) is 15.5. The van der Waals surface area contributed by atoms with Crippen molar-refractivity contribution in [1.29, 1.82) is 0 Å². The lowest BCUT2D eigenvalue weighted by molar-refractivity contribution is 0.0992. The summed E-state index contributed by atoms with van der Waals surface area (Å²) in [6, 6.07) is 6.08. The molecule has 3 rings (SSSR count). The second-order valence-electron chi connectivity index (χ2n) is 5.17. The number of aryl methyl sites for hydroxylation is 2. The van der Waals surface area contributed by atoms with Gasteiger partial charge in [-0.25, -0.2) is 0 Å². The van der Waals surface area contributed by atoms with Crippen LogP contribution in [0, 0.1) is 6.92 Å². The second-order valence-corrected chi connectivity index (χ2v) is 6.09. The average Bonchev–Trinajstić information content (AvgIpc) is 3.05. The molecule has 1 aromatic heterocycles. The summed E-state index contributed by atoms with van der Waals surface area (Å²) in [6.07, 6.45) is 1.80. The third-order valence-electron chi connectivity index (χ3n) is 3.93. The Morgan fingerprint density at radius 2 is 2.25 bits per heavy atom. The Kier molecular flexibility index (Phi) is 3.26. The topological polar surface area (TPSA) is 46.3 Å². The van der Waals surface area contributed by atoms with E-state index in [0.717, 1.165) is 46.8 Å². The van der Waals surface area contributed by atoms with Gasteiger partial charge in [0.15, 0.2) is 0 Å². The summed E-state index contributed by atoms with van der Waals surface area (Å²) in [5.41, 5.74) is 11.2. The molecule has 20 heavy (non-hydrogen) atoms. The molecule has 0 spiro atoms. The lowest BCUT2D eigenvalue weighted by Crippen LogP contribution is -2.28. The maximum Gasteiger partial charge on any atom is 0.268 e. The van der Waals surface area contributed by atoms with E-state index >= 15 is 0 Å². The van der Waals surface area contributed by atoms with Crippen molar-refractivity contribution >= 4 is 28.6 Å². The van der Waals surface area contributed by atoms with Crippen LogP contribution in [0.3, 0.4) is 0 Å². The van der Waals surface area contributed by atoms with Crippen molar-refractivity contribution in [1.82, 2.24) is 0 Å². The van der Waals surface area contributed by atoms with Crippen LogP contribution in [0.25, 0.3) is 0 Å². The molecule has 2 N–H and O–H groups in total. The van der Waals surface area contributed by atoms with Crippen LogP contribution in [0.2, 0.25) is 0 Å². The maximum atomic E-state index is 12.7. The van der Waals surface area contributed by atoms with Gasteiger partial charge in [0, 0.05) is 17.9 Å². The first-order chi connectivity index (χ1) is 9.61. The summed E-state index contributed by atoms with van der Waals surface area (Å²) < 4.78 is 0. The molecule has 1 aliphatic heterocycles. The molecule has 1 aromatic carbocycles. The Labute approximate surface area is 123 Å². The number of thiophene rings is 1. The standard InChI is InChI=1S/C16H18N2OS/c1-3-11-5-7-20-15(11)16(19)18-6-4-12-8-10(2)13(17)9-14(12)18/h5,7-9H,3-4,6,17H2,1-2H3. The Morgan fingerprint density at radius 1 is 1.45 bits per heavy atom. The van der Waals surface area contributed by atoms with Crippen molar-refractivity contribution in [3.05, 3.63) is 45.1 Å². The molecule has 2 heterocycles. The minimum absolute atomic E-state index is 0.110. The van der Waals surface area contributed by atoms with E-state index in [0.29, 0.717) is 0 Å². The van der Waals surface area contributed by atoms with Gasteiger partial charge in [-0.1, -0.05) is 13.0 Å². The van der Waals surface area contributed by atoms with Gasteiger partial charge in [0.25, 0.3) is 5.91 Å². The van der Waals surface area contributed by atoms with Crippen LogP contribution >= 0.6 is 11.3 Å². The van der Waals surface area contributed by atoms with Crippen LogP contribution in [0.15, 0.2) is 23.6 Å². The molecule has 4 heteroatoms. The molecule has 0 saturated carbocycles. The highest BCUT2D eigenvalue weighted by Crippen LogP contribution is 2.34. The third-order valence-corrected chi connectivity index (χ3v) is 4.87. The van der Waals surface area contributed by atoms with Gasteiger partial charge in [0.05, 0.1) is 4.88 Å². The Balaban J connectivity index is 1.99. The van der Waals surface area contributed by atoms with Crippen LogP contribution in [0.4, 0.5) is 11.4 Å². The van der Waals surface area contributed by atoms with E-state index in [9.17, 15) is 4.79 Å². The number of fused-ring (bicyclic) bond motifs is 1. The van der Waals surface area contributed by atoms with Gasteiger partial charge in [0.1, 0.15) is 0 Å². The largest absolute Gasteiger partial charge is 0.398 e. The number of nitrogens with two attached hydrogens (primary N) is 1. The molecule has 0 aliphatic carbocycles. The molecule has 0 bridgehead atoms. The number of rotatable bonds is 2. The SMILES string of the molecule is CCc1ccsc1C(=O)N1CCc2cc(C)c(N)cc21. The summed E-state index contributed by atoms with van der Waals surface area (Å²) in [5.74, 6) is 0.110. The molecule has 104 valence electrons.